The summed E-state index contributed by atoms with van der Waals surface area (Å²) < 4.78 is 15.5. The van der Waals surface area contributed by atoms with Gasteiger partial charge in [-0.2, -0.15) is 0 Å². The van der Waals surface area contributed by atoms with Crippen LogP contribution in [0.1, 0.15) is 79.2 Å². The van der Waals surface area contributed by atoms with Crippen LogP contribution in [0.3, 0.4) is 0 Å². The number of aryl methyl sites for hydroxylation is 1. The zero-order chi connectivity index (χ0) is 31.9. The van der Waals surface area contributed by atoms with Crippen molar-refractivity contribution in [2.45, 2.75) is 69.8 Å². The molecule has 0 aliphatic heterocycles. The highest BCUT2D eigenvalue weighted by Gasteiger charge is 2.26. The van der Waals surface area contributed by atoms with E-state index in [1.807, 2.05) is 54.0 Å². The van der Waals surface area contributed by atoms with E-state index in [0.29, 0.717) is 23.2 Å². The molecule has 0 spiro atoms. The van der Waals surface area contributed by atoms with E-state index in [-0.39, 0.29) is 23.7 Å². The van der Waals surface area contributed by atoms with Crippen LogP contribution >= 0.6 is 11.8 Å². The predicted molar refractivity (Wildman–Crippen MR) is 182 cm³/mol. The molecule has 0 radical (unpaired) electrons. The number of rotatable bonds is 11. The first-order valence-electron chi connectivity index (χ1n) is 15.3. The summed E-state index contributed by atoms with van der Waals surface area (Å²) in [6.07, 6.45) is 0.518. The van der Waals surface area contributed by atoms with Crippen molar-refractivity contribution in [1.82, 2.24) is 20.1 Å². The third-order valence-electron chi connectivity index (χ3n) is 7.74. The second-order valence-electron chi connectivity index (χ2n) is 11.9. The Morgan fingerprint density at radius 3 is 2.07 bits per heavy atom. The van der Waals surface area contributed by atoms with E-state index < -0.39 is 6.04 Å². The van der Waals surface area contributed by atoms with Crippen LogP contribution < -0.4 is 10.6 Å². The van der Waals surface area contributed by atoms with E-state index in [9.17, 15) is 9.18 Å². The molecule has 1 unspecified atom stereocenters. The van der Waals surface area contributed by atoms with Gasteiger partial charge in [0.1, 0.15) is 5.82 Å². The standard InChI is InChI=1S/C37H40FN5OS/c1-24(2)31-12-9-13-32(25(3)4)34(31)40-36(44)39-33(22-27-10-7-6-8-11-27)35-41-42-37(43(35)30-20-14-26(5)15-21-30)45-23-28-16-18-29(38)19-17-28/h6-21,24-25,33H,22-23H2,1-5H3,(H2,39,40,44). The van der Waals surface area contributed by atoms with Gasteiger partial charge in [-0.3, -0.25) is 4.57 Å². The monoisotopic (exact) mass is 621 g/mol. The van der Waals surface area contributed by atoms with Crippen molar-refractivity contribution in [3.63, 3.8) is 0 Å². The van der Waals surface area contributed by atoms with E-state index >= 15 is 0 Å². The molecule has 2 amide bonds. The molecule has 1 aromatic heterocycles. The molecule has 6 nitrogen and oxygen atoms in total. The molecule has 1 atom stereocenters. The number of halogens is 1. The normalized spacial score (nSPS) is 12.0. The topological polar surface area (TPSA) is 71.8 Å². The van der Waals surface area contributed by atoms with E-state index in [1.165, 1.54) is 23.9 Å². The predicted octanol–water partition coefficient (Wildman–Crippen LogP) is 9.36. The number of urea groups is 1. The molecule has 0 fully saturated rings. The van der Waals surface area contributed by atoms with Gasteiger partial charge in [0.2, 0.25) is 0 Å². The highest BCUT2D eigenvalue weighted by Crippen LogP contribution is 2.33. The molecule has 0 saturated carbocycles. The lowest BCUT2D eigenvalue weighted by molar-refractivity contribution is 0.247. The Kier molecular flexibility index (Phi) is 10.4. The van der Waals surface area contributed by atoms with Gasteiger partial charge in [0.25, 0.3) is 0 Å². The largest absolute Gasteiger partial charge is 0.327 e. The van der Waals surface area contributed by atoms with E-state index in [2.05, 4.69) is 78.9 Å². The molecule has 232 valence electrons. The fourth-order valence-electron chi connectivity index (χ4n) is 5.33. The molecule has 0 aliphatic rings. The number of aromatic nitrogens is 3. The summed E-state index contributed by atoms with van der Waals surface area (Å²) in [5.74, 6) is 1.43. The van der Waals surface area contributed by atoms with Crippen LogP contribution in [0.15, 0.2) is 102 Å². The molecule has 5 rings (SSSR count). The minimum Gasteiger partial charge on any atom is -0.327 e. The average molecular weight is 622 g/mol. The Balaban J connectivity index is 1.52. The molecule has 0 saturated heterocycles. The number of benzene rings is 4. The van der Waals surface area contributed by atoms with Crippen LogP contribution in [-0.4, -0.2) is 20.8 Å². The van der Waals surface area contributed by atoms with Gasteiger partial charge < -0.3 is 10.6 Å². The zero-order valence-corrected chi connectivity index (χ0v) is 27.2. The SMILES string of the molecule is Cc1ccc(-n2c(SCc3ccc(F)cc3)nnc2C(Cc2ccccc2)NC(=O)Nc2c(C(C)C)cccc2C(C)C)cc1. The first-order valence-corrected chi connectivity index (χ1v) is 16.3. The van der Waals surface area contributed by atoms with Gasteiger partial charge >= 0.3 is 6.03 Å². The lowest BCUT2D eigenvalue weighted by Gasteiger charge is -2.23. The number of anilines is 1. The summed E-state index contributed by atoms with van der Waals surface area (Å²) in [5.41, 5.74) is 7.12. The Bertz CT molecular complexity index is 1690. The van der Waals surface area contributed by atoms with Gasteiger partial charge in [0.15, 0.2) is 11.0 Å². The third-order valence-corrected chi connectivity index (χ3v) is 8.74. The molecule has 4 aromatic carbocycles. The summed E-state index contributed by atoms with van der Waals surface area (Å²) in [4.78, 5) is 13.9. The van der Waals surface area contributed by atoms with Crippen LogP contribution in [0, 0.1) is 12.7 Å². The Labute approximate surface area is 269 Å². The summed E-state index contributed by atoms with van der Waals surface area (Å²) >= 11 is 1.52. The van der Waals surface area contributed by atoms with Gasteiger partial charge in [0, 0.05) is 23.5 Å². The van der Waals surface area contributed by atoms with Crippen molar-refractivity contribution >= 4 is 23.5 Å². The number of nitrogens with one attached hydrogen (secondary N) is 2. The summed E-state index contributed by atoms with van der Waals surface area (Å²) in [5, 5.41) is 16.4. The van der Waals surface area contributed by atoms with Crippen LogP contribution in [0.4, 0.5) is 14.9 Å². The van der Waals surface area contributed by atoms with Crippen molar-refractivity contribution in [1.29, 1.82) is 0 Å². The van der Waals surface area contributed by atoms with Crippen molar-refractivity contribution in [3.05, 3.63) is 137 Å². The Morgan fingerprint density at radius 2 is 1.44 bits per heavy atom. The fraction of sp³-hybridized carbons (Fsp3) is 0.270. The van der Waals surface area contributed by atoms with Gasteiger partial charge in [-0.05, 0) is 65.3 Å². The second kappa shape index (κ2) is 14.6. The van der Waals surface area contributed by atoms with E-state index in [1.54, 1.807) is 12.1 Å². The number of hydrogen-bond acceptors (Lipinski definition) is 4. The maximum atomic E-state index is 13.9. The van der Waals surface area contributed by atoms with Gasteiger partial charge in [0.05, 0.1) is 6.04 Å². The number of carbonyl (C=O) groups excluding carboxylic acids is 1. The minimum atomic E-state index is -0.491. The van der Waals surface area contributed by atoms with Crippen LogP contribution in [0.25, 0.3) is 5.69 Å². The van der Waals surface area contributed by atoms with Crippen molar-refractivity contribution in [2.75, 3.05) is 5.32 Å². The molecule has 5 aromatic rings. The fourth-order valence-corrected chi connectivity index (χ4v) is 6.24. The molecule has 0 aliphatic carbocycles. The maximum Gasteiger partial charge on any atom is 0.319 e. The first-order chi connectivity index (χ1) is 21.7. The molecule has 2 N–H and O–H groups in total. The zero-order valence-electron chi connectivity index (χ0n) is 26.4. The number of amides is 2. The summed E-state index contributed by atoms with van der Waals surface area (Å²) in [6.45, 7) is 10.6. The molecule has 8 heteroatoms. The number of carbonyl (C=O) groups is 1. The number of thioether (sulfide) groups is 1. The molecule has 1 heterocycles. The first kappa shape index (κ1) is 32.0. The molecule has 0 bridgehead atoms. The van der Waals surface area contributed by atoms with Crippen molar-refractivity contribution < 1.29 is 9.18 Å². The van der Waals surface area contributed by atoms with Crippen molar-refractivity contribution in [2.24, 2.45) is 0 Å². The number of hydrogen-bond donors (Lipinski definition) is 2. The number of para-hydroxylation sites is 1. The minimum absolute atomic E-state index is 0.240. The maximum absolute atomic E-state index is 13.9. The third kappa shape index (κ3) is 8.00. The van der Waals surface area contributed by atoms with Gasteiger partial charge in [-0.25, -0.2) is 9.18 Å². The average Bonchev–Trinajstić information content (AvgIpc) is 3.45. The van der Waals surface area contributed by atoms with Crippen LogP contribution in [0.5, 0.6) is 0 Å². The summed E-state index contributed by atoms with van der Waals surface area (Å²) in [7, 11) is 0. The van der Waals surface area contributed by atoms with Gasteiger partial charge in [-0.1, -0.05) is 118 Å². The lowest BCUT2D eigenvalue weighted by atomic mass is 9.93. The Morgan fingerprint density at radius 1 is 0.800 bits per heavy atom. The van der Waals surface area contributed by atoms with E-state index in [4.69, 9.17) is 0 Å². The molecular weight excluding hydrogens is 582 g/mol. The van der Waals surface area contributed by atoms with Crippen LogP contribution in [0.2, 0.25) is 0 Å². The smallest absolute Gasteiger partial charge is 0.319 e. The second-order valence-corrected chi connectivity index (χ2v) is 12.8. The van der Waals surface area contributed by atoms with Crippen LogP contribution in [-0.2, 0) is 12.2 Å². The summed E-state index contributed by atoms with van der Waals surface area (Å²) in [6, 6.07) is 30.2. The quantitative estimate of drug-likeness (QED) is 0.144. The lowest BCUT2D eigenvalue weighted by Crippen LogP contribution is -2.35. The highest BCUT2D eigenvalue weighted by atomic mass is 32.2. The number of nitrogens with zero attached hydrogens (tertiary/aromatic N) is 3. The Hall–Kier alpha value is -4.43. The molecular formula is C37H40FN5OS. The van der Waals surface area contributed by atoms with E-state index in [0.717, 1.165) is 39.2 Å². The highest BCUT2D eigenvalue weighted by molar-refractivity contribution is 7.98. The van der Waals surface area contributed by atoms with Gasteiger partial charge in [-0.15, -0.1) is 10.2 Å². The van der Waals surface area contributed by atoms with Crippen molar-refractivity contribution in [3.8, 4) is 5.69 Å². The molecule has 45 heavy (non-hydrogen) atoms.